The zero-order chi connectivity index (χ0) is 16.9. The number of carbonyl (C=O) groups is 1. The number of amides is 1. The molecule has 4 rings (SSSR count). The van der Waals surface area contributed by atoms with Crippen molar-refractivity contribution in [1.82, 2.24) is 20.0 Å². The Hall–Kier alpha value is -2.15. The molecule has 1 aliphatic heterocycles. The third kappa shape index (κ3) is 2.18. The van der Waals surface area contributed by atoms with E-state index in [1.54, 1.807) is 13.0 Å². The lowest BCUT2D eigenvalue weighted by Crippen LogP contribution is -2.53. The predicted molar refractivity (Wildman–Crippen MR) is 85.2 cm³/mol. The van der Waals surface area contributed by atoms with Crippen LogP contribution in [0.2, 0.25) is 0 Å². The first-order valence-corrected chi connectivity index (χ1v) is 8.36. The molecule has 0 spiro atoms. The van der Waals surface area contributed by atoms with E-state index in [1.165, 1.54) is 0 Å². The fourth-order valence-corrected chi connectivity index (χ4v) is 4.02. The molecule has 0 aromatic carbocycles. The summed E-state index contributed by atoms with van der Waals surface area (Å²) in [6, 6.07) is 3.63. The number of hydrogen-bond acceptors (Lipinski definition) is 6. The average molecular weight is 330 g/mol. The van der Waals surface area contributed by atoms with Crippen molar-refractivity contribution in [3.8, 4) is 0 Å². The molecule has 0 radical (unpaired) electrons. The highest BCUT2D eigenvalue weighted by atomic mass is 16.4. The summed E-state index contributed by atoms with van der Waals surface area (Å²) >= 11 is 0. The van der Waals surface area contributed by atoms with Crippen LogP contribution in [-0.2, 0) is 12.1 Å². The maximum atomic E-state index is 13.0. The number of hydrogen-bond donors (Lipinski definition) is 0. The number of aromatic nitrogens is 2. The summed E-state index contributed by atoms with van der Waals surface area (Å²) in [5.41, 5.74) is -0.438. The van der Waals surface area contributed by atoms with E-state index in [4.69, 9.17) is 8.83 Å². The summed E-state index contributed by atoms with van der Waals surface area (Å²) in [6.45, 7) is 3.15. The van der Waals surface area contributed by atoms with Gasteiger partial charge in [-0.3, -0.25) is 4.79 Å². The van der Waals surface area contributed by atoms with Crippen molar-refractivity contribution >= 4 is 5.91 Å². The van der Waals surface area contributed by atoms with Crippen LogP contribution in [0.4, 0.5) is 0 Å². The van der Waals surface area contributed by atoms with Gasteiger partial charge in [0.2, 0.25) is 11.8 Å². The van der Waals surface area contributed by atoms with Crippen molar-refractivity contribution in [3.63, 3.8) is 0 Å². The van der Waals surface area contributed by atoms with Gasteiger partial charge < -0.3 is 18.6 Å². The van der Waals surface area contributed by atoms with Gasteiger partial charge in [0.1, 0.15) is 11.3 Å². The molecule has 2 aliphatic rings. The van der Waals surface area contributed by atoms with Gasteiger partial charge >= 0.3 is 0 Å². The van der Waals surface area contributed by atoms with Gasteiger partial charge in [-0.1, -0.05) is 0 Å². The molecule has 0 N–H and O–H groups in total. The largest absolute Gasteiger partial charge is 0.455 e. The quantitative estimate of drug-likeness (QED) is 0.855. The summed E-state index contributed by atoms with van der Waals surface area (Å²) < 4.78 is 11.5. The van der Waals surface area contributed by atoms with E-state index < -0.39 is 5.54 Å². The fourth-order valence-electron chi connectivity index (χ4n) is 4.02. The Bertz CT molecular complexity index is 765. The standard InChI is InChI=1S/C17H22N4O3/c1-11-18-19-16(23-11)17-8-6-12(17)7-9-21(17)15(22)14-5-4-13(24-14)10-20(2)3/h4-5,12H,6-10H2,1-3H3/t12-,17-/m0/s1. The Balaban J connectivity index is 1.63. The highest BCUT2D eigenvalue weighted by Gasteiger charge is 2.61. The third-order valence-electron chi connectivity index (χ3n) is 5.22. The molecule has 0 bridgehead atoms. The fraction of sp³-hybridized carbons (Fsp3) is 0.588. The van der Waals surface area contributed by atoms with Crippen molar-refractivity contribution in [2.75, 3.05) is 20.6 Å². The van der Waals surface area contributed by atoms with E-state index in [0.717, 1.165) is 25.0 Å². The summed E-state index contributed by atoms with van der Waals surface area (Å²) in [7, 11) is 3.94. The van der Waals surface area contributed by atoms with Gasteiger partial charge in [0.05, 0.1) is 6.54 Å². The molecule has 7 heteroatoms. The summed E-state index contributed by atoms with van der Waals surface area (Å²) in [4.78, 5) is 16.9. The highest BCUT2D eigenvalue weighted by Crippen LogP contribution is 2.56. The molecule has 0 unspecified atom stereocenters. The summed E-state index contributed by atoms with van der Waals surface area (Å²) in [5.74, 6) is 2.60. The smallest absolute Gasteiger partial charge is 0.290 e. The van der Waals surface area contributed by atoms with Crippen LogP contribution >= 0.6 is 0 Å². The molecule has 2 fully saturated rings. The average Bonchev–Trinajstić information content (AvgIpc) is 3.18. The van der Waals surface area contributed by atoms with Crippen molar-refractivity contribution < 1.29 is 13.6 Å². The molecule has 3 heterocycles. The van der Waals surface area contributed by atoms with E-state index in [1.807, 2.05) is 30.0 Å². The lowest BCUT2D eigenvalue weighted by molar-refractivity contribution is -0.00536. The predicted octanol–water partition coefficient (Wildman–Crippen LogP) is 2.18. The number of furan rings is 1. The number of aryl methyl sites for hydroxylation is 1. The van der Waals surface area contributed by atoms with Gasteiger partial charge in [-0.05, 0) is 51.4 Å². The number of likely N-dealkylation sites (tertiary alicyclic amines) is 1. The van der Waals surface area contributed by atoms with Crippen LogP contribution in [-0.4, -0.2) is 46.5 Å². The topological polar surface area (TPSA) is 75.6 Å². The van der Waals surface area contributed by atoms with Crippen LogP contribution in [0.25, 0.3) is 0 Å². The normalized spacial score (nSPS) is 25.8. The van der Waals surface area contributed by atoms with Gasteiger partial charge in [0, 0.05) is 13.5 Å². The number of carbonyl (C=O) groups excluding carboxylic acids is 1. The summed E-state index contributed by atoms with van der Waals surface area (Å²) in [6.07, 6.45) is 2.93. The molecule has 7 nitrogen and oxygen atoms in total. The maximum Gasteiger partial charge on any atom is 0.290 e. The monoisotopic (exact) mass is 330 g/mol. The second kappa shape index (κ2) is 5.44. The van der Waals surface area contributed by atoms with Crippen molar-refractivity contribution in [3.05, 3.63) is 35.4 Å². The third-order valence-corrected chi connectivity index (χ3v) is 5.22. The zero-order valence-corrected chi connectivity index (χ0v) is 14.3. The van der Waals surface area contributed by atoms with Gasteiger partial charge in [-0.25, -0.2) is 0 Å². The van der Waals surface area contributed by atoms with Gasteiger partial charge in [0.25, 0.3) is 5.91 Å². The molecular weight excluding hydrogens is 308 g/mol. The lowest BCUT2D eigenvalue weighted by atomic mass is 9.67. The molecule has 2 aromatic heterocycles. The Kier molecular flexibility index (Phi) is 3.49. The first-order valence-electron chi connectivity index (χ1n) is 8.36. The molecular formula is C17H22N4O3. The van der Waals surface area contributed by atoms with E-state index in [0.29, 0.717) is 36.5 Å². The molecule has 1 aliphatic carbocycles. The van der Waals surface area contributed by atoms with Gasteiger partial charge in [-0.2, -0.15) is 0 Å². The Labute approximate surface area is 140 Å². The summed E-state index contributed by atoms with van der Waals surface area (Å²) in [5, 5.41) is 8.19. The molecule has 1 saturated heterocycles. The first-order chi connectivity index (χ1) is 11.5. The Morgan fingerprint density at radius 3 is 2.79 bits per heavy atom. The second-order valence-corrected chi connectivity index (χ2v) is 7.04. The van der Waals surface area contributed by atoms with Gasteiger partial charge in [0.15, 0.2) is 5.76 Å². The van der Waals surface area contributed by atoms with Crippen LogP contribution in [0.3, 0.4) is 0 Å². The van der Waals surface area contributed by atoms with Crippen molar-refractivity contribution in [2.45, 2.75) is 38.3 Å². The molecule has 2 aromatic rings. The number of fused-ring (bicyclic) bond motifs is 1. The van der Waals surface area contributed by atoms with Crippen LogP contribution in [0.5, 0.6) is 0 Å². The minimum absolute atomic E-state index is 0.0851. The molecule has 2 atom stereocenters. The van der Waals surface area contributed by atoms with Gasteiger partial charge in [-0.15, -0.1) is 10.2 Å². The molecule has 1 saturated carbocycles. The Morgan fingerprint density at radius 1 is 1.33 bits per heavy atom. The lowest BCUT2D eigenvalue weighted by Gasteiger charge is -2.46. The van der Waals surface area contributed by atoms with Crippen LogP contribution in [0, 0.1) is 12.8 Å². The minimum Gasteiger partial charge on any atom is -0.455 e. The molecule has 24 heavy (non-hydrogen) atoms. The zero-order valence-electron chi connectivity index (χ0n) is 14.3. The number of nitrogens with zero attached hydrogens (tertiary/aromatic N) is 4. The van der Waals surface area contributed by atoms with Crippen molar-refractivity contribution in [1.29, 1.82) is 0 Å². The SMILES string of the molecule is Cc1nnc([C@]23CC[C@H]2CCN3C(=O)c2ccc(CN(C)C)o2)o1. The minimum atomic E-state index is -0.438. The Morgan fingerprint density at radius 2 is 2.17 bits per heavy atom. The van der Waals surface area contributed by atoms with E-state index in [2.05, 4.69) is 10.2 Å². The van der Waals surface area contributed by atoms with E-state index in [-0.39, 0.29) is 5.91 Å². The first kappa shape index (κ1) is 15.4. The molecule has 128 valence electrons. The number of rotatable bonds is 4. The molecule has 1 amide bonds. The van der Waals surface area contributed by atoms with Crippen LogP contribution in [0.15, 0.2) is 21.0 Å². The second-order valence-electron chi connectivity index (χ2n) is 7.04. The van der Waals surface area contributed by atoms with E-state index in [9.17, 15) is 4.79 Å². The highest BCUT2D eigenvalue weighted by molar-refractivity contribution is 5.92. The van der Waals surface area contributed by atoms with Crippen molar-refractivity contribution in [2.24, 2.45) is 5.92 Å². The van der Waals surface area contributed by atoms with E-state index >= 15 is 0 Å². The maximum absolute atomic E-state index is 13.0. The van der Waals surface area contributed by atoms with Crippen LogP contribution in [0.1, 0.15) is 47.4 Å². The van der Waals surface area contributed by atoms with Crippen LogP contribution < -0.4 is 0 Å².